The number of hydrogen-bond donors (Lipinski definition) is 2. The lowest BCUT2D eigenvalue weighted by atomic mass is 9.68. The fourth-order valence-electron chi connectivity index (χ4n) is 4.66. The average Bonchev–Trinajstić information content (AvgIpc) is 2.72. The molecule has 5 nitrogen and oxygen atoms in total. The number of carbonyl (C=O) groups is 2. The highest BCUT2D eigenvalue weighted by molar-refractivity contribution is 6.30. The maximum absolute atomic E-state index is 13.6. The van der Waals surface area contributed by atoms with Crippen LogP contribution in [0.2, 0.25) is 5.02 Å². The summed E-state index contributed by atoms with van der Waals surface area (Å²) < 4.78 is 5.39. The van der Waals surface area contributed by atoms with E-state index in [9.17, 15) is 9.59 Å². The van der Waals surface area contributed by atoms with Gasteiger partial charge in [0.15, 0.2) is 5.78 Å². The van der Waals surface area contributed by atoms with Gasteiger partial charge in [-0.3, -0.25) is 9.59 Å². The van der Waals surface area contributed by atoms with Crippen molar-refractivity contribution in [3.05, 3.63) is 81.7 Å². The van der Waals surface area contributed by atoms with Gasteiger partial charge in [0.2, 0.25) is 0 Å². The molecule has 0 radical (unpaired) electrons. The van der Waals surface area contributed by atoms with Gasteiger partial charge < -0.3 is 15.4 Å². The highest BCUT2D eigenvalue weighted by Gasteiger charge is 2.42. The second kappa shape index (κ2) is 8.47. The Labute approximate surface area is 193 Å². The lowest BCUT2D eigenvalue weighted by Gasteiger charge is -2.39. The van der Waals surface area contributed by atoms with Crippen LogP contribution in [0.5, 0.6) is 5.75 Å². The van der Waals surface area contributed by atoms with E-state index in [1.165, 1.54) is 0 Å². The number of carbonyl (C=O) groups excluding carboxylic acids is 2. The standard InChI is InChI=1S/C26H27ClN2O3/c1-15-22(25(31)29-18-7-5-6-8-21(18)32-4)23(16-9-11-17(27)12-10-16)24-19(28-15)13-26(2,3)14-20(24)30/h5-12,23,28H,13-14H2,1-4H3,(H,29,31). The number of methoxy groups -OCH3 is 1. The van der Waals surface area contributed by atoms with Crippen molar-refractivity contribution in [1.82, 2.24) is 5.32 Å². The number of ketones is 1. The van der Waals surface area contributed by atoms with Gasteiger partial charge in [-0.25, -0.2) is 0 Å². The molecule has 2 aliphatic rings. The smallest absolute Gasteiger partial charge is 0.254 e. The van der Waals surface area contributed by atoms with Crippen LogP contribution in [0.25, 0.3) is 0 Å². The van der Waals surface area contributed by atoms with Gasteiger partial charge in [0.05, 0.1) is 12.8 Å². The van der Waals surface area contributed by atoms with Crippen LogP contribution in [0.3, 0.4) is 0 Å². The lowest BCUT2D eigenvalue weighted by Crippen LogP contribution is -2.39. The molecular formula is C26H27ClN2O3. The van der Waals surface area contributed by atoms with E-state index in [2.05, 4.69) is 24.5 Å². The molecule has 0 bridgehead atoms. The maximum Gasteiger partial charge on any atom is 0.254 e. The van der Waals surface area contributed by atoms with Crippen LogP contribution in [0.1, 0.15) is 45.1 Å². The van der Waals surface area contributed by atoms with Gasteiger partial charge in [0.1, 0.15) is 5.75 Å². The number of hydrogen-bond acceptors (Lipinski definition) is 4. The Kier molecular flexibility index (Phi) is 5.87. The van der Waals surface area contributed by atoms with E-state index in [1.54, 1.807) is 31.4 Å². The van der Waals surface area contributed by atoms with Crippen LogP contribution in [-0.4, -0.2) is 18.8 Å². The number of Topliss-reactive ketones (excluding diaryl/α,β-unsaturated/α-hetero) is 1. The first kappa shape index (κ1) is 22.2. The van der Waals surface area contributed by atoms with Gasteiger partial charge in [0.25, 0.3) is 5.91 Å². The molecular weight excluding hydrogens is 424 g/mol. The molecule has 1 aliphatic heterocycles. The largest absolute Gasteiger partial charge is 0.495 e. The number of amides is 1. The summed E-state index contributed by atoms with van der Waals surface area (Å²) >= 11 is 6.13. The lowest BCUT2D eigenvalue weighted by molar-refractivity contribution is -0.118. The van der Waals surface area contributed by atoms with Crippen LogP contribution in [0.15, 0.2) is 71.1 Å². The number of para-hydroxylation sites is 2. The molecule has 32 heavy (non-hydrogen) atoms. The van der Waals surface area contributed by atoms with E-state index in [0.717, 1.165) is 23.4 Å². The molecule has 1 atom stereocenters. The fourth-order valence-corrected chi connectivity index (χ4v) is 4.79. The summed E-state index contributed by atoms with van der Waals surface area (Å²) in [6, 6.07) is 14.6. The quantitative estimate of drug-likeness (QED) is 0.637. The molecule has 1 heterocycles. The Morgan fingerprint density at radius 2 is 1.81 bits per heavy atom. The van der Waals surface area contributed by atoms with Crippen molar-refractivity contribution in [2.45, 2.75) is 39.5 Å². The second-order valence-corrected chi connectivity index (χ2v) is 9.57. The fraction of sp³-hybridized carbons (Fsp3) is 0.308. The van der Waals surface area contributed by atoms with Gasteiger partial charge in [-0.1, -0.05) is 49.7 Å². The molecule has 2 aromatic rings. The summed E-state index contributed by atoms with van der Waals surface area (Å²) in [5.41, 5.74) is 4.13. The van der Waals surface area contributed by atoms with E-state index in [0.29, 0.717) is 34.0 Å². The van der Waals surface area contributed by atoms with E-state index >= 15 is 0 Å². The Hall–Kier alpha value is -3.05. The molecule has 0 aromatic heterocycles. The summed E-state index contributed by atoms with van der Waals surface area (Å²) in [6.45, 7) is 6.07. The number of dihydropyridines is 1. The Morgan fingerprint density at radius 1 is 1.12 bits per heavy atom. The minimum absolute atomic E-state index is 0.0683. The molecule has 0 fully saturated rings. The number of ether oxygens (including phenoxy) is 1. The Balaban J connectivity index is 1.80. The molecule has 1 aliphatic carbocycles. The first-order valence-electron chi connectivity index (χ1n) is 10.6. The summed E-state index contributed by atoms with van der Waals surface area (Å²) in [5.74, 6) is -0.106. The van der Waals surface area contributed by atoms with Crippen molar-refractivity contribution < 1.29 is 14.3 Å². The van der Waals surface area contributed by atoms with Crippen molar-refractivity contribution in [2.24, 2.45) is 5.41 Å². The molecule has 0 saturated heterocycles. The van der Waals surface area contributed by atoms with E-state index in [-0.39, 0.29) is 17.1 Å². The molecule has 1 amide bonds. The minimum atomic E-state index is -0.471. The van der Waals surface area contributed by atoms with Crippen molar-refractivity contribution in [1.29, 1.82) is 0 Å². The minimum Gasteiger partial charge on any atom is -0.495 e. The van der Waals surface area contributed by atoms with Crippen molar-refractivity contribution in [2.75, 3.05) is 12.4 Å². The summed E-state index contributed by atoms with van der Waals surface area (Å²) in [7, 11) is 1.56. The van der Waals surface area contributed by atoms with Crippen LogP contribution in [-0.2, 0) is 9.59 Å². The third-order valence-corrected chi connectivity index (χ3v) is 6.29. The molecule has 4 rings (SSSR count). The molecule has 2 aromatic carbocycles. The predicted molar refractivity (Wildman–Crippen MR) is 127 cm³/mol. The summed E-state index contributed by atoms with van der Waals surface area (Å²) in [5, 5.41) is 6.96. The molecule has 0 saturated carbocycles. The highest BCUT2D eigenvalue weighted by Crippen LogP contribution is 2.47. The number of allylic oxidation sites excluding steroid dienone is 3. The van der Waals surface area contributed by atoms with E-state index < -0.39 is 5.92 Å². The first-order valence-corrected chi connectivity index (χ1v) is 11.0. The van der Waals surface area contributed by atoms with Crippen LogP contribution in [0, 0.1) is 5.41 Å². The van der Waals surface area contributed by atoms with E-state index in [4.69, 9.17) is 16.3 Å². The topological polar surface area (TPSA) is 67.4 Å². The van der Waals surface area contributed by atoms with Crippen molar-refractivity contribution in [3.63, 3.8) is 0 Å². The molecule has 166 valence electrons. The maximum atomic E-state index is 13.6. The number of halogens is 1. The second-order valence-electron chi connectivity index (χ2n) is 9.14. The van der Waals surface area contributed by atoms with Crippen LogP contribution >= 0.6 is 11.6 Å². The van der Waals surface area contributed by atoms with Crippen LogP contribution < -0.4 is 15.4 Å². The van der Waals surface area contributed by atoms with Crippen molar-refractivity contribution >= 4 is 29.0 Å². The zero-order valence-electron chi connectivity index (χ0n) is 18.7. The van der Waals surface area contributed by atoms with Gasteiger partial charge in [-0.05, 0) is 48.6 Å². The van der Waals surface area contributed by atoms with E-state index in [1.807, 2.05) is 31.2 Å². The zero-order valence-corrected chi connectivity index (χ0v) is 19.5. The number of benzene rings is 2. The Morgan fingerprint density at radius 3 is 2.50 bits per heavy atom. The highest BCUT2D eigenvalue weighted by atomic mass is 35.5. The normalized spacial score (nSPS) is 19.9. The van der Waals surface area contributed by atoms with Crippen molar-refractivity contribution in [3.8, 4) is 5.75 Å². The zero-order chi connectivity index (χ0) is 23.0. The first-order chi connectivity index (χ1) is 15.2. The molecule has 2 N–H and O–H groups in total. The predicted octanol–water partition coefficient (Wildman–Crippen LogP) is 5.59. The number of nitrogens with one attached hydrogen (secondary N) is 2. The SMILES string of the molecule is COc1ccccc1NC(=O)C1=C(C)NC2=C(C(=O)CC(C)(C)C2)C1c1ccc(Cl)cc1. The third-order valence-electron chi connectivity index (χ3n) is 6.04. The average molecular weight is 451 g/mol. The molecule has 0 spiro atoms. The number of rotatable bonds is 4. The molecule has 6 heteroatoms. The van der Waals surface area contributed by atoms with Crippen LogP contribution in [0.4, 0.5) is 5.69 Å². The van der Waals surface area contributed by atoms with Gasteiger partial charge >= 0.3 is 0 Å². The Bertz CT molecular complexity index is 1150. The number of anilines is 1. The van der Waals surface area contributed by atoms with Gasteiger partial charge in [-0.15, -0.1) is 0 Å². The monoisotopic (exact) mass is 450 g/mol. The summed E-state index contributed by atoms with van der Waals surface area (Å²) in [4.78, 5) is 26.9. The van der Waals surface area contributed by atoms with Gasteiger partial charge in [0, 0.05) is 39.9 Å². The summed E-state index contributed by atoms with van der Waals surface area (Å²) in [6.07, 6.45) is 1.19. The molecule has 1 unspecified atom stereocenters. The third kappa shape index (κ3) is 4.17. The van der Waals surface area contributed by atoms with Gasteiger partial charge in [-0.2, -0.15) is 0 Å².